The van der Waals surface area contributed by atoms with E-state index in [2.05, 4.69) is 5.32 Å². The molecule has 1 rings (SSSR count). The Labute approximate surface area is 118 Å². The summed E-state index contributed by atoms with van der Waals surface area (Å²) in [6.07, 6.45) is 1.79. The van der Waals surface area contributed by atoms with Crippen LogP contribution in [0.5, 0.6) is 0 Å². The zero-order chi connectivity index (χ0) is 15.3. The molecule has 1 aliphatic heterocycles. The van der Waals surface area contributed by atoms with Gasteiger partial charge in [0.05, 0.1) is 5.92 Å². The number of piperidine rings is 1. The molecule has 2 unspecified atom stereocenters. The maximum atomic E-state index is 12.4. The highest BCUT2D eigenvalue weighted by atomic mass is 16.4. The fraction of sp³-hybridized carbons (Fsp3) is 0.769. The van der Waals surface area contributed by atoms with Gasteiger partial charge in [-0.2, -0.15) is 0 Å². The first-order valence-corrected chi connectivity index (χ1v) is 6.92. The van der Waals surface area contributed by atoms with Crippen LogP contribution in [0, 0.1) is 11.8 Å². The van der Waals surface area contributed by atoms with E-state index < -0.39 is 24.0 Å². The average molecular weight is 285 g/mol. The molecular formula is C13H23N3O4. The maximum Gasteiger partial charge on any atom is 0.312 e. The van der Waals surface area contributed by atoms with E-state index in [-0.39, 0.29) is 18.4 Å². The van der Waals surface area contributed by atoms with Gasteiger partial charge in [0, 0.05) is 13.1 Å². The number of hydrogen-bond donors (Lipinski definition) is 3. The number of carboxylic acids is 1. The van der Waals surface area contributed by atoms with Crippen molar-refractivity contribution in [2.75, 3.05) is 13.1 Å². The van der Waals surface area contributed by atoms with Gasteiger partial charge in [-0.1, -0.05) is 20.3 Å². The van der Waals surface area contributed by atoms with Crippen LogP contribution in [0.3, 0.4) is 0 Å². The summed E-state index contributed by atoms with van der Waals surface area (Å²) < 4.78 is 0. The maximum absolute atomic E-state index is 12.4. The van der Waals surface area contributed by atoms with Crippen molar-refractivity contribution in [2.45, 2.75) is 39.2 Å². The summed E-state index contributed by atoms with van der Waals surface area (Å²) in [5, 5.41) is 11.6. The number of primary amides is 1. The third-order valence-corrected chi connectivity index (χ3v) is 3.51. The van der Waals surface area contributed by atoms with Crippen molar-refractivity contribution < 1.29 is 19.5 Å². The summed E-state index contributed by atoms with van der Waals surface area (Å²) in [4.78, 5) is 36.0. The number of carboxylic acid groups (broad SMARTS) is 1. The fourth-order valence-corrected chi connectivity index (χ4v) is 2.65. The molecule has 3 atom stereocenters. The average Bonchev–Trinajstić information content (AvgIpc) is 2.36. The topological polar surface area (TPSA) is 113 Å². The third kappa shape index (κ3) is 4.40. The minimum atomic E-state index is -0.885. The van der Waals surface area contributed by atoms with Gasteiger partial charge in [-0.3, -0.25) is 9.59 Å². The first kappa shape index (κ1) is 16.3. The van der Waals surface area contributed by atoms with Crippen molar-refractivity contribution in [1.82, 2.24) is 10.2 Å². The number of rotatable bonds is 5. The standard InChI is InChI=1S/C13H23N3O4/c1-3-4-10(15-13(14)20)11(17)16-6-8(2)5-9(7-16)12(18)19/h8-10H,3-7H2,1-2H3,(H,18,19)(H3,14,15,20)/t8?,9?,10-/m1/s1. The van der Waals surface area contributed by atoms with Crippen molar-refractivity contribution in [3.05, 3.63) is 0 Å². The Morgan fingerprint density at radius 2 is 2.05 bits per heavy atom. The van der Waals surface area contributed by atoms with E-state index >= 15 is 0 Å². The highest BCUT2D eigenvalue weighted by molar-refractivity contribution is 5.87. The monoisotopic (exact) mass is 285 g/mol. The quantitative estimate of drug-likeness (QED) is 0.678. The van der Waals surface area contributed by atoms with E-state index in [0.29, 0.717) is 19.4 Å². The Bertz CT molecular complexity index is 386. The third-order valence-electron chi connectivity index (χ3n) is 3.51. The first-order chi connectivity index (χ1) is 9.35. The van der Waals surface area contributed by atoms with E-state index in [0.717, 1.165) is 6.42 Å². The molecule has 0 aromatic heterocycles. The Kier molecular flexibility index (Phi) is 5.79. The fourth-order valence-electron chi connectivity index (χ4n) is 2.65. The van der Waals surface area contributed by atoms with Crippen molar-refractivity contribution in [1.29, 1.82) is 0 Å². The van der Waals surface area contributed by atoms with Gasteiger partial charge in [-0.25, -0.2) is 4.79 Å². The predicted molar refractivity (Wildman–Crippen MR) is 72.9 cm³/mol. The molecule has 7 heteroatoms. The molecule has 3 amide bonds. The molecule has 0 aromatic rings. The molecule has 4 N–H and O–H groups in total. The van der Waals surface area contributed by atoms with Crippen molar-refractivity contribution in [2.24, 2.45) is 17.6 Å². The summed E-state index contributed by atoms with van der Waals surface area (Å²) in [5.41, 5.74) is 5.08. The molecule has 0 aliphatic carbocycles. The van der Waals surface area contributed by atoms with Crippen LogP contribution < -0.4 is 11.1 Å². The highest BCUT2D eigenvalue weighted by Gasteiger charge is 2.34. The van der Waals surface area contributed by atoms with E-state index in [1.54, 1.807) is 0 Å². The lowest BCUT2D eigenvalue weighted by Gasteiger charge is -2.36. The number of nitrogens with two attached hydrogens (primary N) is 1. The number of hydrogen-bond acceptors (Lipinski definition) is 3. The van der Waals surface area contributed by atoms with E-state index in [1.807, 2.05) is 13.8 Å². The normalized spacial score (nSPS) is 24.0. The molecule has 114 valence electrons. The second-order valence-corrected chi connectivity index (χ2v) is 5.47. The molecule has 1 fully saturated rings. The van der Waals surface area contributed by atoms with Gasteiger partial charge in [0.1, 0.15) is 6.04 Å². The zero-order valence-electron chi connectivity index (χ0n) is 12.0. The largest absolute Gasteiger partial charge is 0.481 e. The Morgan fingerprint density at radius 1 is 1.40 bits per heavy atom. The van der Waals surface area contributed by atoms with Crippen LogP contribution in [0.25, 0.3) is 0 Å². The zero-order valence-corrected chi connectivity index (χ0v) is 12.0. The predicted octanol–water partition coefficient (Wildman–Crippen LogP) is 0.393. The van der Waals surface area contributed by atoms with Crippen molar-refractivity contribution in [3.8, 4) is 0 Å². The van der Waals surface area contributed by atoms with Gasteiger partial charge < -0.3 is 21.1 Å². The van der Waals surface area contributed by atoms with E-state index in [9.17, 15) is 14.4 Å². The minimum absolute atomic E-state index is 0.129. The number of likely N-dealkylation sites (tertiary alicyclic amines) is 1. The molecule has 7 nitrogen and oxygen atoms in total. The lowest BCUT2D eigenvalue weighted by Crippen LogP contribution is -2.54. The summed E-state index contributed by atoms with van der Waals surface area (Å²) in [5.74, 6) is -1.55. The van der Waals surface area contributed by atoms with Crippen LogP contribution >= 0.6 is 0 Å². The molecule has 1 saturated heterocycles. The van der Waals surface area contributed by atoms with Gasteiger partial charge in [0.25, 0.3) is 0 Å². The molecule has 0 bridgehead atoms. The summed E-state index contributed by atoms with van der Waals surface area (Å²) >= 11 is 0. The van der Waals surface area contributed by atoms with Crippen LogP contribution in [-0.2, 0) is 9.59 Å². The second-order valence-electron chi connectivity index (χ2n) is 5.47. The number of carbonyl (C=O) groups is 3. The van der Waals surface area contributed by atoms with Crippen molar-refractivity contribution in [3.63, 3.8) is 0 Å². The highest BCUT2D eigenvalue weighted by Crippen LogP contribution is 2.22. The molecule has 0 radical (unpaired) electrons. The van der Waals surface area contributed by atoms with E-state index in [1.165, 1.54) is 4.90 Å². The number of aliphatic carboxylic acids is 1. The Morgan fingerprint density at radius 3 is 2.55 bits per heavy atom. The first-order valence-electron chi connectivity index (χ1n) is 6.92. The van der Waals surface area contributed by atoms with Gasteiger partial charge >= 0.3 is 12.0 Å². The van der Waals surface area contributed by atoms with Gasteiger partial charge in [0.15, 0.2) is 0 Å². The number of amides is 3. The number of urea groups is 1. The van der Waals surface area contributed by atoms with Crippen LogP contribution in [0.1, 0.15) is 33.1 Å². The Balaban J connectivity index is 2.76. The van der Waals surface area contributed by atoms with E-state index in [4.69, 9.17) is 10.8 Å². The Hall–Kier alpha value is -1.79. The molecule has 1 heterocycles. The van der Waals surface area contributed by atoms with Crippen LogP contribution in [0.15, 0.2) is 0 Å². The molecule has 1 aliphatic rings. The van der Waals surface area contributed by atoms with Gasteiger partial charge in [-0.05, 0) is 18.8 Å². The van der Waals surface area contributed by atoms with Crippen LogP contribution in [0.2, 0.25) is 0 Å². The van der Waals surface area contributed by atoms with Gasteiger partial charge in [0.2, 0.25) is 5.91 Å². The smallest absolute Gasteiger partial charge is 0.312 e. The molecule has 0 saturated carbocycles. The summed E-state index contributed by atoms with van der Waals surface area (Å²) in [7, 11) is 0. The number of carbonyl (C=O) groups excluding carboxylic acids is 2. The second kappa shape index (κ2) is 7.12. The molecule has 20 heavy (non-hydrogen) atoms. The minimum Gasteiger partial charge on any atom is -0.481 e. The van der Waals surface area contributed by atoms with Crippen molar-refractivity contribution >= 4 is 17.9 Å². The van der Waals surface area contributed by atoms with Gasteiger partial charge in [-0.15, -0.1) is 0 Å². The summed E-state index contributed by atoms with van der Waals surface area (Å²) in [6, 6.07) is -1.41. The lowest BCUT2D eigenvalue weighted by atomic mass is 9.90. The molecule has 0 aromatic carbocycles. The van der Waals surface area contributed by atoms with Crippen LogP contribution in [-0.4, -0.2) is 47.0 Å². The SMILES string of the molecule is CCC[C@@H](NC(N)=O)C(=O)N1CC(C)CC(C(=O)O)C1. The number of nitrogens with zero attached hydrogens (tertiary/aromatic N) is 1. The van der Waals surface area contributed by atoms with Crippen LogP contribution in [0.4, 0.5) is 4.79 Å². The number of nitrogens with one attached hydrogen (secondary N) is 1. The molecular weight excluding hydrogens is 262 g/mol. The summed E-state index contributed by atoms with van der Waals surface area (Å²) in [6.45, 7) is 4.54. The molecule has 0 spiro atoms. The lowest BCUT2D eigenvalue weighted by molar-refractivity contribution is -0.147.